The molecule has 0 aromatic heterocycles. The van der Waals surface area contributed by atoms with Gasteiger partial charge in [-0.1, -0.05) is 13.3 Å². The smallest absolute Gasteiger partial charge is 0.310 e. The van der Waals surface area contributed by atoms with Gasteiger partial charge in [-0.2, -0.15) is 0 Å². The number of hydrogen-bond acceptors (Lipinski definition) is 4. The van der Waals surface area contributed by atoms with Crippen LogP contribution < -0.4 is 9.47 Å². The summed E-state index contributed by atoms with van der Waals surface area (Å²) in [6.07, 6.45) is 2.28. The molecule has 1 aromatic rings. The first-order valence-electron chi connectivity index (χ1n) is 6.77. The average Bonchev–Trinajstić information content (AvgIpc) is 2.41. The van der Waals surface area contributed by atoms with Crippen molar-refractivity contribution in [3.05, 3.63) is 22.2 Å². The summed E-state index contributed by atoms with van der Waals surface area (Å²) in [7, 11) is 1.59. The Labute approximate surface area is 128 Å². The van der Waals surface area contributed by atoms with Crippen molar-refractivity contribution in [1.82, 2.24) is 0 Å². The number of hydrogen-bond donors (Lipinski definition) is 0. The van der Waals surface area contributed by atoms with Crippen LogP contribution >= 0.6 is 15.9 Å². The normalized spacial score (nSPS) is 10.2. The lowest BCUT2D eigenvalue weighted by atomic mass is 10.1. The summed E-state index contributed by atoms with van der Waals surface area (Å²) in [6, 6.07) is 3.67. The Morgan fingerprint density at radius 1 is 1.30 bits per heavy atom. The number of benzene rings is 1. The Bertz CT molecular complexity index is 446. The highest BCUT2D eigenvalue weighted by atomic mass is 79.9. The summed E-state index contributed by atoms with van der Waals surface area (Å²) >= 11 is 3.46. The number of unbranched alkanes of at least 4 members (excludes halogenated alkanes) is 1. The maximum Gasteiger partial charge on any atom is 0.310 e. The zero-order valence-electron chi connectivity index (χ0n) is 12.2. The van der Waals surface area contributed by atoms with E-state index < -0.39 is 0 Å². The third kappa shape index (κ3) is 5.04. The monoisotopic (exact) mass is 344 g/mol. The molecule has 0 heterocycles. The van der Waals surface area contributed by atoms with E-state index in [0.717, 1.165) is 22.9 Å². The number of methoxy groups -OCH3 is 1. The minimum atomic E-state index is -0.249. The summed E-state index contributed by atoms with van der Waals surface area (Å²) in [5.74, 6) is 1.05. The van der Waals surface area contributed by atoms with E-state index in [1.54, 1.807) is 14.0 Å². The van der Waals surface area contributed by atoms with Gasteiger partial charge in [-0.25, -0.2) is 0 Å². The molecule has 0 aliphatic heterocycles. The minimum Gasteiger partial charge on any atom is -0.493 e. The second-order valence-electron chi connectivity index (χ2n) is 4.29. The van der Waals surface area contributed by atoms with Gasteiger partial charge in [0.25, 0.3) is 0 Å². The lowest BCUT2D eigenvalue weighted by Gasteiger charge is -2.14. The molecule has 112 valence electrons. The quantitative estimate of drug-likeness (QED) is 0.532. The van der Waals surface area contributed by atoms with E-state index in [4.69, 9.17) is 14.2 Å². The van der Waals surface area contributed by atoms with Crippen molar-refractivity contribution in [2.45, 2.75) is 33.1 Å². The maximum atomic E-state index is 11.5. The van der Waals surface area contributed by atoms with E-state index in [-0.39, 0.29) is 12.4 Å². The van der Waals surface area contributed by atoms with Gasteiger partial charge in [0.1, 0.15) is 0 Å². The van der Waals surface area contributed by atoms with Crippen LogP contribution in [0.3, 0.4) is 0 Å². The molecule has 0 fully saturated rings. The first kappa shape index (κ1) is 16.8. The fraction of sp³-hybridized carbons (Fsp3) is 0.533. The molecular weight excluding hydrogens is 324 g/mol. The van der Waals surface area contributed by atoms with Crippen molar-refractivity contribution in [3.63, 3.8) is 0 Å². The van der Waals surface area contributed by atoms with E-state index >= 15 is 0 Å². The summed E-state index contributed by atoms with van der Waals surface area (Å²) in [4.78, 5) is 11.5. The zero-order valence-corrected chi connectivity index (χ0v) is 13.8. The minimum absolute atomic E-state index is 0.220. The molecule has 0 atom stereocenters. The second kappa shape index (κ2) is 8.84. The van der Waals surface area contributed by atoms with E-state index in [1.165, 1.54) is 0 Å². The molecule has 5 heteroatoms. The van der Waals surface area contributed by atoms with Crippen LogP contribution in [0.15, 0.2) is 16.6 Å². The lowest BCUT2D eigenvalue weighted by molar-refractivity contribution is -0.142. The van der Waals surface area contributed by atoms with Crippen LogP contribution in [0.1, 0.15) is 32.3 Å². The highest BCUT2D eigenvalue weighted by Gasteiger charge is 2.13. The molecule has 1 rings (SSSR count). The Balaban J connectivity index is 2.86. The molecular formula is C15H21BrO4. The fourth-order valence-electron chi connectivity index (χ4n) is 1.71. The molecule has 0 unspecified atom stereocenters. The number of halogens is 1. The molecule has 4 nitrogen and oxygen atoms in total. The maximum absolute atomic E-state index is 11.5. The van der Waals surface area contributed by atoms with Crippen molar-refractivity contribution in [2.24, 2.45) is 0 Å². The number of carbonyl (C=O) groups excluding carboxylic acids is 1. The number of rotatable bonds is 8. The molecule has 0 radical (unpaired) electrons. The first-order chi connectivity index (χ1) is 9.62. The first-order valence-corrected chi connectivity index (χ1v) is 7.56. The van der Waals surface area contributed by atoms with Gasteiger partial charge in [0.2, 0.25) is 0 Å². The van der Waals surface area contributed by atoms with Gasteiger partial charge in [0, 0.05) is 0 Å². The molecule has 0 saturated carbocycles. The van der Waals surface area contributed by atoms with E-state index in [0.29, 0.717) is 24.7 Å². The van der Waals surface area contributed by atoms with E-state index in [9.17, 15) is 4.79 Å². The van der Waals surface area contributed by atoms with Crippen LogP contribution in [0.4, 0.5) is 0 Å². The summed E-state index contributed by atoms with van der Waals surface area (Å²) in [5, 5.41) is 0. The molecule has 0 saturated heterocycles. The van der Waals surface area contributed by atoms with Gasteiger partial charge in [-0.05, 0) is 47.0 Å². The van der Waals surface area contributed by atoms with Gasteiger partial charge < -0.3 is 14.2 Å². The van der Waals surface area contributed by atoms with Gasteiger partial charge in [-0.15, -0.1) is 0 Å². The van der Waals surface area contributed by atoms with Crippen molar-refractivity contribution in [3.8, 4) is 11.5 Å². The molecule has 20 heavy (non-hydrogen) atoms. The SMILES string of the molecule is CCCCOc1c(Br)cc(CC(=O)OCC)cc1OC. The number of carbonyl (C=O) groups is 1. The molecule has 0 amide bonds. The van der Waals surface area contributed by atoms with Crippen molar-refractivity contribution in [1.29, 1.82) is 0 Å². The van der Waals surface area contributed by atoms with E-state index in [2.05, 4.69) is 22.9 Å². The molecule has 0 N–H and O–H groups in total. The van der Waals surface area contributed by atoms with Crippen LogP contribution in [0.5, 0.6) is 11.5 Å². The Hall–Kier alpha value is -1.23. The van der Waals surface area contributed by atoms with Crippen LogP contribution in [0.2, 0.25) is 0 Å². The van der Waals surface area contributed by atoms with Gasteiger partial charge in [0.15, 0.2) is 11.5 Å². The van der Waals surface area contributed by atoms with Crippen LogP contribution in [0, 0.1) is 0 Å². The average molecular weight is 345 g/mol. The van der Waals surface area contributed by atoms with Gasteiger partial charge >= 0.3 is 5.97 Å². The highest BCUT2D eigenvalue weighted by Crippen LogP contribution is 2.37. The van der Waals surface area contributed by atoms with Crippen molar-refractivity contribution < 1.29 is 19.0 Å². The standard InChI is InChI=1S/C15H21BrO4/c1-4-6-7-20-15-12(16)8-11(9-13(15)18-3)10-14(17)19-5-2/h8-9H,4-7,10H2,1-3H3. The Kier molecular flexibility index (Phi) is 7.44. The Morgan fingerprint density at radius 3 is 2.65 bits per heavy atom. The second-order valence-corrected chi connectivity index (χ2v) is 5.15. The van der Waals surface area contributed by atoms with Gasteiger partial charge in [0.05, 0.1) is 31.2 Å². The van der Waals surface area contributed by atoms with Crippen LogP contribution in [-0.4, -0.2) is 26.3 Å². The largest absolute Gasteiger partial charge is 0.493 e. The zero-order chi connectivity index (χ0) is 15.0. The van der Waals surface area contributed by atoms with Crippen LogP contribution in [-0.2, 0) is 16.0 Å². The number of esters is 1. The van der Waals surface area contributed by atoms with Crippen LogP contribution in [0.25, 0.3) is 0 Å². The molecule has 1 aromatic carbocycles. The highest BCUT2D eigenvalue weighted by molar-refractivity contribution is 9.10. The summed E-state index contributed by atoms with van der Waals surface area (Å²) < 4.78 is 16.8. The molecule has 0 spiro atoms. The van der Waals surface area contributed by atoms with Gasteiger partial charge in [-0.3, -0.25) is 4.79 Å². The summed E-state index contributed by atoms with van der Waals surface area (Å²) in [6.45, 7) is 4.93. The van der Waals surface area contributed by atoms with E-state index in [1.807, 2.05) is 12.1 Å². The predicted octanol–water partition coefficient (Wildman–Crippen LogP) is 3.74. The fourth-order valence-corrected chi connectivity index (χ4v) is 2.32. The molecule has 0 bridgehead atoms. The molecule has 0 aliphatic carbocycles. The Morgan fingerprint density at radius 2 is 2.05 bits per heavy atom. The third-order valence-electron chi connectivity index (χ3n) is 2.69. The summed E-state index contributed by atoms with van der Waals surface area (Å²) in [5.41, 5.74) is 0.829. The number of ether oxygens (including phenoxy) is 3. The molecule has 0 aliphatic rings. The predicted molar refractivity (Wildman–Crippen MR) is 81.4 cm³/mol. The topological polar surface area (TPSA) is 44.8 Å². The lowest BCUT2D eigenvalue weighted by Crippen LogP contribution is -2.08. The third-order valence-corrected chi connectivity index (χ3v) is 3.28. The van der Waals surface area contributed by atoms with Crippen molar-refractivity contribution >= 4 is 21.9 Å². The van der Waals surface area contributed by atoms with Crippen molar-refractivity contribution in [2.75, 3.05) is 20.3 Å².